The minimum Gasteiger partial charge on any atom is -0.473 e. The van der Waals surface area contributed by atoms with Gasteiger partial charge in [0.05, 0.1) is 13.1 Å². The van der Waals surface area contributed by atoms with Gasteiger partial charge in [-0.2, -0.15) is 0 Å². The van der Waals surface area contributed by atoms with Crippen LogP contribution >= 0.6 is 0 Å². The second-order valence-electron chi connectivity index (χ2n) is 2.16. The van der Waals surface area contributed by atoms with E-state index >= 15 is 0 Å². The third-order valence-corrected chi connectivity index (χ3v) is 1.08. The third-order valence-electron chi connectivity index (χ3n) is 1.08. The topological polar surface area (TPSA) is 196 Å². The molecule has 94 valence electrons. The molecule has 1 aliphatic rings. The normalized spacial score (nSPS) is 12.5. The molecule has 1 saturated heterocycles. The molecule has 0 radical (unpaired) electrons. The first kappa shape index (κ1) is 19.4. The van der Waals surface area contributed by atoms with E-state index < -0.39 is 11.9 Å². The molecule has 0 aliphatic carbocycles. The van der Waals surface area contributed by atoms with Crippen LogP contribution in [-0.2, 0) is 19.2 Å². The van der Waals surface area contributed by atoms with Crippen molar-refractivity contribution in [1.29, 1.82) is 0 Å². The number of carbonyl (C=O) groups excluding carboxylic acids is 2. The van der Waals surface area contributed by atoms with E-state index in [1.54, 1.807) is 0 Å². The lowest BCUT2D eigenvalue weighted by Crippen LogP contribution is -2.48. The number of aliphatic carboxylic acids is 2. The van der Waals surface area contributed by atoms with Gasteiger partial charge in [-0.25, -0.2) is 9.59 Å². The molecule has 1 fully saturated rings. The lowest BCUT2D eigenvalue weighted by atomic mass is 10.4. The molecular weight excluding hydrogens is 228 g/mol. The van der Waals surface area contributed by atoms with Crippen molar-refractivity contribution < 1.29 is 40.3 Å². The largest absolute Gasteiger partial charge is 0.473 e. The summed E-state index contributed by atoms with van der Waals surface area (Å²) in [5.41, 5.74) is 0. The Kier molecular flexibility index (Phi) is 11.3. The fourth-order valence-corrected chi connectivity index (χ4v) is 0.483. The van der Waals surface area contributed by atoms with Gasteiger partial charge in [-0.1, -0.05) is 0 Å². The highest BCUT2D eigenvalue weighted by molar-refractivity contribution is 6.27. The van der Waals surface area contributed by atoms with Crippen molar-refractivity contribution in [2.24, 2.45) is 0 Å². The number of rotatable bonds is 0. The van der Waals surface area contributed by atoms with Crippen LogP contribution in [0.15, 0.2) is 0 Å². The average Bonchev–Trinajstić information content (AvgIpc) is 2.11. The van der Waals surface area contributed by atoms with Crippen LogP contribution in [0.1, 0.15) is 0 Å². The van der Waals surface area contributed by atoms with Crippen molar-refractivity contribution in [3.63, 3.8) is 0 Å². The Morgan fingerprint density at radius 2 is 1.12 bits per heavy atom. The number of nitrogens with one attached hydrogen (secondary N) is 2. The predicted octanol–water partition coefficient (Wildman–Crippen LogP) is -4.26. The van der Waals surface area contributed by atoms with Crippen LogP contribution in [0.5, 0.6) is 0 Å². The molecule has 0 atom stereocenters. The van der Waals surface area contributed by atoms with Crippen molar-refractivity contribution in [1.82, 2.24) is 10.6 Å². The third kappa shape index (κ3) is 9.88. The van der Waals surface area contributed by atoms with Crippen LogP contribution in [0.4, 0.5) is 0 Å². The van der Waals surface area contributed by atoms with Crippen LogP contribution in [0.3, 0.4) is 0 Å². The molecule has 1 rings (SSSR count). The van der Waals surface area contributed by atoms with Gasteiger partial charge in [0.2, 0.25) is 11.8 Å². The van der Waals surface area contributed by atoms with Crippen LogP contribution in [-0.4, -0.2) is 58.0 Å². The van der Waals surface area contributed by atoms with Gasteiger partial charge >= 0.3 is 11.9 Å². The van der Waals surface area contributed by atoms with Gasteiger partial charge in [0.25, 0.3) is 0 Å². The number of carbonyl (C=O) groups is 4. The van der Waals surface area contributed by atoms with Gasteiger partial charge in [0.15, 0.2) is 0 Å². The summed E-state index contributed by atoms with van der Waals surface area (Å²) in [5, 5.41) is 19.5. The quantitative estimate of drug-likeness (QED) is 0.309. The molecule has 0 saturated carbocycles. The average molecular weight is 240 g/mol. The molecule has 0 aromatic rings. The van der Waals surface area contributed by atoms with E-state index in [-0.39, 0.29) is 35.9 Å². The minimum absolute atomic E-state index is 0. The van der Waals surface area contributed by atoms with Crippen molar-refractivity contribution in [2.45, 2.75) is 0 Å². The molecule has 1 heterocycles. The van der Waals surface area contributed by atoms with Crippen LogP contribution in [0.25, 0.3) is 0 Å². The summed E-state index contributed by atoms with van der Waals surface area (Å²) in [6.07, 6.45) is 0. The smallest absolute Gasteiger partial charge is 0.414 e. The first-order valence-electron chi connectivity index (χ1n) is 3.43. The van der Waals surface area contributed by atoms with E-state index in [0.29, 0.717) is 0 Å². The fourth-order valence-electron chi connectivity index (χ4n) is 0.483. The lowest BCUT2D eigenvalue weighted by Gasteiger charge is -2.10. The van der Waals surface area contributed by atoms with Crippen molar-refractivity contribution in [3.8, 4) is 0 Å². The number of hydrogen-bond donors (Lipinski definition) is 4. The molecule has 16 heavy (non-hydrogen) atoms. The summed E-state index contributed by atoms with van der Waals surface area (Å²) in [6, 6.07) is 0. The molecule has 10 nitrogen and oxygen atoms in total. The molecule has 0 aromatic heterocycles. The van der Waals surface area contributed by atoms with Crippen molar-refractivity contribution >= 4 is 23.8 Å². The zero-order chi connectivity index (χ0) is 11.1. The van der Waals surface area contributed by atoms with Crippen molar-refractivity contribution in [3.05, 3.63) is 0 Å². The molecule has 0 aromatic carbocycles. The van der Waals surface area contributed by atoms with E-state index in [1.165, 1.54) is 0 Å². The highest BCUT2D eigenvalue weighted by Gasteiger charge is 2.11. The molecule has 2 amide bonds. The lowest BCUT2D eigenvalue weighted by molar-refractivity contribution is -0.159. The number of hydrogen-bond acceptors (Lipinski definition) is 4. The number of piperazine rings is 1. The maximum absolute atomic E-state index is 10.3. The summed E-state index contributed by atoms with van der Waals surface area (Å²) < 4.78 is 0. The van der Waals surface area contributed by atoms with Gasteiger partial charge < -0.3 is 31.8 Å². The second-order valence-corrected chi connectivity index (χ2v) is 2.16. The molecule has 0 unspecified atom stereocenters. The highest BCUT2D eigenvalue weighted by Crippen LogP contribution is 1.72. The van der Waals surface area contributed by atoms with Crippen LogP contribution < -0.4 is 10.6 Å². The van der Waals surface area contributed by atoms with E-state index in [1.807, 2.05) is 0 Å². The second kappa shape index (κ2) is 9.36. The van der Waals surface area contributed by atoms with E-state index in [4.69, 9.17) is 19.8 Å². The summed E-state index contributed by atoms with van der Waals surface area (Å²) in [5.74, 6) is -3.89. The molecular formula is C6H12N2O8. The standard InChI is InChI=1S/C4H6N2O2.C2H2O4.2H2O/c7-3-1-5-4(8)2-6-3;3-1(4)2(5)6;;/h1-2H2,(H,5,8)(H,6,7);(H,3,4)(H,5,6);2*1H2. The van der Waals surface area contributed by atoms with Crippen LogP contribution in [0.2, 0.25) is 0 Å². The Hall–Kier alpha value is -2.20. The molecule has 0 spiro atoms. The summed E-state index contributed by atoms with van der Waals surface area (Å²) in [4.78, 5) is 38.8. The van der Waals surface area contributed by atoms with E-state index in [2.05, 4.69) is 10.6 Å². The highest BCUT2D eigenvalue weighted by atomic mass is 16.4. The van der Waals surface area contributed by atoms with Gasteiger partial charge in [0.1, 0.15) is 0 Å². The van der Waals surface area contributed by atoms with Gasteiger partial charge in [-0.3, -0.25) is 9.59 Å². The molecule has 8 N–H and O–H groups in total. The number of amides is 2. The number of carboxylic acid groups (broad SMARTS) is 2. The monoisotopic (exact) mass is 240 g/mol. The summed E-state index contributed by atoms with van der Waals surface area (Å²) in [7, 11) is 0. The summed E-state index contributed by atoms with van der Waals surface area (Å²) in [6.45, 7) is 0.248. The molecule has 1 aliphatic heterocycles. The van der Waals surface area contributed by atoms with E-state index in [0.717, 1.165) is 0 Å². The SMILES string of the molecule is O.O.O=C(O)C(=O)O.O=C1CNC(=O)CN1. The Labute approximate surface area is 88.9 Å². The van der Waals surface area contributed by atoms with Gasteiger partial charge in [-0.15, -0.1) is 0 Å². The minimum atomic E-state index is -1.82. The maximum atomic E-state index is 10.3. The molecule has 10 heteroatoms. The number of carboxylic acids is 2. The first-order valence-corrected chi connectivity index (χ1v) is 3.43. The Morgan fingerprint density at radius 1 is 0.875 bits per heavy atom. The van der Waals surface area contributed by atoms with Crippen molar-refractivity contribution in [2.75, 3.05) is 13.1 Å². The van der Waals surface area contributed by atoms with Gasteiger partial charge in [0, 0.05) is 0 Å². The van der Waals surface area contributed by atoms with Crippen LogP contribution in [0, 0.1) is 0 Å². The maximum Gasteiger partial charge on any atom is 0.414 e. The first-order chi connectivity index (χ1) is 6.43. The van der Waals surface area contributed by atoms with Gasteiger partial charge in [-0.05, 0) is 0 Å². The zero-order valence-electron chi connectivity index (χ0n) is 7.94. The Morgan fingerprint density at radius 3 is 1.25 bits per heavy atom. The Balaban J connectivity index is -0.000000195. The summed E-state index contributed by atoms with van der Waals surface area (Å²) >= 11 is 0. The fraction of sp³-hybridized carbons (Fsp3) is 0.333. The van der Waals surface area contributed by atoms with E-state index in [9.17, 15) is 9.59 Å². The predicted molar refractivity (Wildman–Crippen MR) is 48.5 cm³/mol. The Bertz CT molecular complexity index is 236. The molecule has 0 bridgehead atoms. The zero-order valence-corrected chi connectivity index (χ0v) is 7.94.